The SMILES string of the molecule is CC1CC2OC2/C=C\C=C\C2(Cc3c(Cl)c(O)cc(O)c3C(=O)N1)SCCCS2. The number of amides is 1. The van der Waals surface area contributed by atoms with E-state index in [0.29, 0.717) is 18.4 Å². The van der Waals surface area contributed by atoms with Crippen molar-refractivity contribution < 1.29 is 19.7 Å². The molecule has 3 N–H and O–H groups in total. The second-order valence-corrected chi connectivity index (χ2v) is 11.1. The Kier molecular flexibility index (Phi) is 6.11. The number of hydrogen-bond acceptors (Lipinski definition) is 6. The van der Waals surface area contributed by atoms with Crippen LogP contribution >= 0.6 is 35.1 Å². The number of allylic oxidation sites excluding steroid dienone is 2. The first-order valence-corrected chi connectivity index (χ1v) is 12.1. The molecule has 4 rings (SSSR count). The summed E-state index contributed by atoms with van der Waals surface area (Å²) in [7, 11) is 0. The highest BCUT2D eigenvalue weighted by atomic mass is 35.5. The van der Waals surface area contributed by atoms with E-state index in [-0.39, 0.29) is 50.3 Å². The largest absolute Gasteiger partial charge is 0.507 e. The minimum Gasteiger partial charge on any atom is -0.507 e. The molecule has 0 radical (unpaired) electrons. The Labute approximate surface area is 183 Å². The number of hydrogen-bond donors (Lipinski definition) is 3. The molecule has 5 nitrogen and oxygen atoms in total. The number of phenols is 2. The van der Waals surface area contributed by atoms with Crippen LogP contribution in [0.3, 0.4) is 0 Å². The van der Waals surface area contributed by atoms with Crippen molar-refractivity contribution in [3.63, 3.8) is 0 Å². The van der Waals surface area contributed by atoms with E-state index in [0.717, 1.165) is 24.0 Å². The predicted molar refractivity (Wildman–Crippen MR) is 119 cm³/mol. The molecule has 0 aromatic heterocycles. The summed E-state index contributed by atoms with van der Waals surface area (Å²) in [4.78, 5) is 13.1. The zero-order chi connectivity index (χ0) is 20.6. The quantitative estimate of drug-likeness (QED) is 0.509. The van der Waals surface area contributed by atoms with Crippen molar-refractivity contribution in [3.8, 4) is 11.5 Å². The number of fused-ring (bicyclic) bond motifs is 2. The van der Waals surface area contributed by atoms with Gasteiger partial charge in [0.1, 0.15) is 17.6 Å². The number of epoxide rings is 1. The van der Waals surface area contributed by atoms with Crippen molar-refractivity contribution in [3.05, 3.63) is 46.5 Å². The Hall–Kier alpha value is -1.28. The van der Waals surface area contributed by atoms with E-state index in [1.54, 1.807) is 23.5 Å². The molecular formula is C21H24ClNO4S2. The minimum atomic E-state index is -0.387. The van der Waals surface area contributed by atoms with Gasteiger partial charge in [0.15, 0.2) is 0 Å². The lowest BCUT2D eigenvalue weighted by Crippen LogP contribution is -2.35. The van der Waals surface area contributed by atoms with Gasteiger partial charge in [-0.2, -0.15) is 0 Å². The molecule has 1 amide bonds. The molecule has 3 unspecified atom stereocenters. The van der Waals surface area contributed by atoms with Crippen LogP contribution < -0.4 is 5.32 Å². The van der Waals surface area contributed by atoms with Crippen LogP contribution in [0.15, 0.2) is 30.4 Å². The number of carbonyl (C=O) groups excluding carboxylic acids is 1. The first-order chi connectivity index (χ1) is 13.9. The van der Waals surface area contributed by atoms with Crippen molar-refractivity contribution in [1.82, 2.24) is 5.32 Å². The average Bonchev–Trinajstić information content (AvgIpc) is 3.40. The summed E-state index contributed by atoms with van der Waals surface area (Å²) < 4.78 is 5.35. The summed E-state index contributed by atoms with van der Waals surface area (Å²) in [5.74, 6) is 1.13. The van der Waals surface area contributed by atoms with Gasteiger partial charge in [-0.15, -0.1) is 23.5 Å². The molecule has 29 heavy (non-hydrogen) atoms. The van der Waals surface area contributed by atoms with Gasteiger partial charge < -0.3 is 20.3 Å². The molecule has 8 heteroatoms. The first kappa shape index (κ1) is 21.0. The average molecular weight is 454 g/mol. The van der Waals surface area contributed by atoms with Gasteiger partial charge in [0.25, 0.3) is 5.91 Å². The number of carbonyl (C=O) groups is 1. The lowest BCUT2D eigenvalue weighted by Gasteiger charge is -2.34. The molecule has 0 bridgehead atoms. The first-order valence-electron chi connectivity index (χ1n) is 9.72. The standard InChI is InChI=1S/C21H24ClNO4S2/c1-12-9-17-16(27-17)5-2-3-6-21(28-7-4-8-29-21)11-13-18(20(26)23-12)14(24)10-15(25)19(13)22/h2-3,5-6,10,12,16-17,24-25H,4,7-9,11H2,1H3,(H,23,26)/b5-2-,6-3+. The molecule has 3 aliphatic rings. The van der Waals surface area contributed by atoms with Crippen LogP contribution in [-0.2, 0) is 11.2 Å². The maximum atomic E-state index is 13.1. The maximum absolute atomic E-state index is 13.1. The van der Waals surface area contributed by atoms with Gasteiger partial charge in [0.2, 0.25) is 0 Å². The third kappa shape index (κ3) is 4.58. The van der Waals surface area contributed by atoms with Gasteiger partial charge in [-0.3, -0.25) is 4.79 Å². The number of halogens is 1. The lowest BCUT2D eigenvalue weighted by molar-refractivity contribution is 0.0933. The Morgan fingerprint density at radius 2 is 2.00 bits per heavy atom. The van der Waals surface area contributed by atoms with Crippen molar-refractivity contribution in [2.45, 2.75) is 48.5 Å². The van der Waals surface area contributed by atoms with E-state index in [2.05, 4.69) is 11.4 Å². The number of benzene rings is 1. The summed E-state index contributed by atoms with van der Waals surface area (Å²) in [6.45, 7) is 1.92. The Balaban J connectivity index is 1.79. The van der Waals surface area contributed by atoms with Crippen LogP contribution in [0, 0.1) is 0 Å². The highest BCUT2D eigenvalue weighted by Crippen LogP contribution is 2.49. The van der Waals surface area contributed by atoms with Crippen molar-refractivity contribution >= 4 is 41.0 Å². The van der Waals surface area contributed by atoms with E-state index in [9.17, 15) is 15.0 Å². The topological polar surface area (TPSA) is 82.1 Å². The van der Waals surface area contributed by atoms with Crippen LogP contribution in [0.25, 0.3) is 0 Å². The number of phenolic OH excluding ortho intramolecular Hbond substituents is 2. The van der Waals surface area contributed by atoms with Crippen LogP contribution in [-0.4, -0.2) is 50.0 Å². The van der Waals surface area contributed by atoms with Gasteiger partial charge in [0, 0.05) is 18.5 Å². The van der Waals surface area contributed by atoms with E-state index < -0.39 is 0 Å². The maximum Gasteiger partial charge on any atom is 0.255 e. The number of nitrogens with one attached hydrogen (secondary N) is 1. The van der Waals surface area contributed by atoms with Crippen molar-refractivity contribution in [1.29, 1.82) is 0 Å². The lowest BCUT2D eigenvalue weighted by atomic mass is 9.98. The monoisotopic (exact) mass is 453 g/mol. The van der Waals surface area contributed by atoms with Gasteiger partial charge in [-0.1, -0.05) is 35.9 Å². The number of thioether (sulfide) groups is 2. The fourth-order valence-corrected chi connectivity index (χ4v) is 7.13. The molecule has 1 aromatic rings. The summed E-state index contributed by atoms with van der Waals surface area (Å²) in [6, 6.07) is 1.01. The second-order valence-electron chi connectivity index (χ2n) is 7.61. The molecule has 0 saturated carbocycles. The van der Waals surface area contributed by atoms with Gasteiger partial charge in [-0.25, -0.2) is 0 Å². The van der Waals surface area contributed by atoms with Gasteiger partial charge in [-0.05, 0) is 36.8 Å². The van der Waals surface area contributed by atoms with Crippen LogP contribution in [0.1, 0.15) is 35.7 Å². The third-order valence-electron chi connectivity index (χ3n) is 5.30. The summed E-state index contributed by atoms with van der Waals surface area (Å²) in [5, 5.41) is 23.8. The molecule has 0 aliphatic carbocycles. The smallest absolute Gasteiger partial charge is 0.255 e. The summed E-state index contributed by atoms with van der Waals surface area (Å²) in [6.07, 6.45) is 10.6. The molecule has 3 aliphatic heterocycles. The van der Waals surface area contributed by atoms with Gasteiger partial charge >= 0.3 is 0 Å². The number of aromatic hydroxyl groups is 2. The normalized spacial score (nSPS) is 31.1. The van der Waals surface area contributed by atoms with Crippen LogP contribution in [0.5, 0.6) is 11.5 Å². The molecule has 3 heterocycles. The number of rotatable bonds is 0. The van der Waals surface area contributed by atoms with Crippen LogP contribution in [0.2, 0.25) is 5.02 Å². The Bertz CT molecular complexity index is 867. The number of ether oxygens (including phenoxy) is 1. The Morgan fingerprint density at radius 1 is 1.24 bits per heavy atom. The van der Waals surface area contributed by atoms with E-state index >= 15 is 0 Å². The molecule has 2 saturated heterocycles. The highest BCUT2D eigenvalue weighted by Gasteiger charge is 2.39. The van der Waals surface area contributed by atoms with E-state index in [4.69, 9.17) is 16.3 Å². The van der Waals surface area contributed by atoms with E-state index in [1.807, 2.05) is 25.2 Å². The summed E-state index contributed by atoms with van der Waals surface area (Å²) in [5.41, 5.74) is 0.613. The van der Waals surface area contributed by atoms with E-state index in [1.165, 1.54) is 0 Å². The fraction of sp³-hybridized carbons (Fsp3) is 0.476. The summed E-state index contributed by atoms with van der Waals surface area (Å²) >= 11 is 10.1. The molecule has 156 valence electrons. The molecule has 2 fully saturated rings. The second kappa shape index (κ2) is 8.46. The minimum absolute atomic E-state index is 0.0802. The third-order valence-corrected chi connectivity index (χ3v) is 8.95. The fourth-order valence-electron chi connectivity index (χ4n) is 3.79. The van der Waals surface area contributed by atoms with Crippen molar-refractivity contribution in [2.75, 3.05) is 11.5 Å². The zero-order valence-electron chi connectivity index (χ0n) is 16.1. The van der Waals surface area contributed by atoms with Crippen molar-refractivity contribution in [2.24, 2.45) is 0 Å². The Morgan fingerprint density at radius 3 is 2.76 bits per heavy atom. The molecule has 1 aromatic carbocycles. The molecular weight excluding hydrogens is 430 g/mol. The zero-order valence-corrected chi connectivity index (χ0v) is 18.4. The highest BCUT2D eigenvalue weighted by molar-refractivity contribution is 8.19. The van der Waals surface area contributed by atoms with Crippen LogP contribution in [0.4, 0.5) is 0 Å². The van der Waals surface area contributed by atoms with Gasteiger partial charge in [0.05, 0.1) is 20.8 Å². The molecule has 3 atom stereocenters. The predicted octanol–water partition coefficient (Wildman–Crippen LogP) is 4.26. The molecule has 1 spiro atoms.